The average molecular weight is 227 g/mol. The highest BCUT2D eigenvalue weighted by atomic mass is 32.1. The van der Waals surface area contributed by atoms with Gasteiger partial charge in [-0.3, -0.25) is 4.79 Å². The standard InChI is InChI=1S/C10H13NO3S/c1-4-7-5-8(11-6(2)12)9(15-7)10(13)14-3/h5H,4H2,1-3H3,(H,11,12). The fraction of sp³-hybridized carbons (Fsp3) is 0.400. The van der Waals surface area contributed by atoms with Gasteiger partial charge in [-0.2, -0.15) is 0 Å². The zero-order chi connectivity index (χ0) is 11.4. The van der Waals surface area contributed by atoms with E-state index in [9.17, 15) is 9.59 Å². The molecule has 1 heterocycles. The first-order valence-electron chi connectivity index (χ1n) is 4.57. The van der Waals surface area contributed by atoms with Gasteiger partial charge in [0, 0.05) is 11.8 Å². The highest BCUT2D eigenvalue weighted by Gasteiger charge is 2.16. The van der Waals surface area contributed by atoms with Gasteiger partial charge >= 0.3 is 5.97 Å². The largest absolute Gasteiger partial charge is 0.465 e. The van der Waals surface area contributed by atoms with Gasteiger partial charge in [-0.1, -0.05) is 6.92 Å². The minimum Gasteiger partial charge on any atom is -0.465 e. The monoisotopic (exact) mass is 227 g/mol. The van der Waals surface area contributed by atoms with Crippen LogP contribution in [-0.4, -0.2) is 19.0 Å². The Kier molecular flexibility index (Phi) is 3.85. The van der Waals surface area contributed by atoms with Gasteiger partial charge in [0.25, 0.3) is 0 Å². The fourth-order valence-corrected chi connectivity index (χ4v) is 2.11. The molecule has 0 saturated heterocycles. The molecule has 0 fully saturated rings. The molecule has 0 aliphatic heterocycles. The number of carbonyl (C=O) groups is 2. The number of rotatable bonds is 3. The molecule has 15 heavy (non-hydrogen) atoms. The van der Waals surface area contributed by atoms with Gasteiger partial charge in [0.15, 0.2) is 0 Å². The van der Waals surface area contributed by atoms with Crippen molar-refractivity contribution in [1.29, 1.82) is 0 Å². The van der Waals surface area contributed by atoms with Crippen molar-refractivity contribution in [3.63, 3.8) is 0 Å². The van der Waals surface area contributed by atoms with Crippen LogP contribution >= 0.6 is 11.3 Å². The van der Waals surface area contributed by atoms with Crippen molar-refractivity contribution in [2.45, 2.75) is 20.3 Å². The van der Waals surface area contributed by atoms with E-state index in [0.717, 1.165) is 11.3 Å². The van der Waals surface area contributed by atoms with Crippen LogP contribution in [0.15, 0.2) is 6.07 Å². The molecular weight excluding hydrogens is 214 g/mol. The average Bonchev–Trinajstić information content (AvgIpc) is 2.59. The van der Waals surface area contributed by atoms with Crippen molar-refractivity contribution in [2.75, 3.05) is 12.4 Å². The van der Waals surface area contributed by atoms with E-state index >= 15 is 0 Å². The number of methoxy groups -OCH3 is 1. The molecule has 1 rings (SSSR count). The third kappa shape index (κ3) is 2.79. The van der Waals surface area contributed by atoms with Gasteiger partial charge in [0.1, 0.15) is 4.88 Å². The van der Waals surface area contributed by atoms with Crippen LogP contribution in [0.2, 0.25) is 0 Å². The number of ether oxygens (including phenoxy) is 1. The first-order valence-corrected chi connectivity index (χ1v) is 5.38. The van der Waals surface area contributed by atoms with Crippen LogP contribution in [0.1, 0.15) is 28.4 Å². The molecular formula is C10H13NO3S. The second kappa shape index (κ2) is 4.93. The van der Waals surface area contributed by atoms with Crippen LogP contribution in [0.25, 0.3) is 0 Å². The normalized spacial score (nSPS) is 9.80. The Bertz CT molecular complexity index is 384. The number of nitrogens with one attached hydrogen (secondary N) is 1. The summed E-state index contributed by atoms with van der Waals surface area (Å²) in [4.78, 5) is 23.8. The molecule has 0 atom stereocenters. The van der Waals surface area contributed by atoms with Crippen LogP contribution in [0.4, 0.5) is 5.69 Å². The number of esters is 1. The van der Waals surface area contributed by atoms with Gasteiger partial charge in [0.05, 0.1) is 12.8 Å². The van der Waals surface area contributed by atoms with Crippen LogP contribution in [-0.2, 0) is 16.0 Å². The van der Waals surface area contributed by atoms with Crippen molar-refractivity contribution < 1.29 is 14.3 Å². The Morgan fingerprint density at radius 2 is 2.20 bits per heavy atom. The molecule has 1 aromatic rings. The Balaban J connectivity index is 3.05. The summed E-state index contributed by atoms with van der Waals surface area (Å²) in [5.41, 5.74) is 0.538. The van der Waals surface area contributed by atoms with E-state index in [1.807, 2.05) is 6.92 Å². The molecule has 0 aliphatic rings. The summed E-state index contributed by atoms with van der Waals surface area (Å²) in [5, 5.41) is 2.61. The molecule has 0 aliphatic carbocycles. The molecule has 0 radical (unpaired) electrons. The van der Waals surface area contributed by atoms with Crippen molar-refractivity contribution >= 4 is 28.9 Å². The zero-order valence-corrected chi connectivity index (χ0v) is 9.73. The maximum Gasteiger partial charge on any atom is 0.350 e. The van der Waals surface area contributed by atoms with E-state index < -0.39 is 5.97 Å². The third-order valence-corrected chi connectivity index (χ3v) is 3.07. The van der Waals surface area contributed by atoms with E-state index in [0.29, 0.717) is 10.6 Å². The molecule has 82 valence electrons. The lowest BCUT2D eigenvalue weighted by molar-refractivity contribution is -0.114. The number of amides is 1. The lowest BCUT2D eigenvalue weighted by Gasteiger charge is -2.01. The zero-order valence-electron chi connectivity index (χ0n) is 8.92. The number of hydrogen-bond donors (Lipinski definition) is 1. The molecule has 0 spiro atoms. The molecule has 4 nitrogen and oxygen atoms in total. The predicted octanol–water partition coefficient (Wildman–Crippen LogP) is 2.06. The van der Waals surface area contributed by atoms with E-state index in [2.05, 4.69) is 10.1 Å². The van der Waals surface area contributed by atoms with Crippen LogP contribution in [0.5, 0.6) is 0 Å². The van der Waals surface area contributed by atoms with Crippen molar-refractivity contribution in [2.24, 2.45) is 0 Å². The minimum absolute atomic E-state index is 0.194. The van der Waals surface area contributed by atoms with Gasteiger partial charge < -0.3 is 10.1 Å². The van der Waals surface area contributed by atoms with Crippen LogP contribution < -0.4 is 5.32 Å². The molecule has 0 aromatic carbocycles. The summed E-state index contributed by atoms with van der Waals surface area (Å²) in [6.45, 7) is 3.40. The molecule has 0 bridgehead atoms. The Morgan fingerprint density at radius 1 is 1.53 bits per heavy atom. The number of hydrogen-bond acceptors (Lipinski definition) is 4. The van der Waals surface area contributed by atoms with E-state index in [-0.39, 0.29) is 5.91 Å². The smallest absolute Gasteiger partial charge is 0.350 e. The van der Waals surface area contributed by atoms with E-state index in [4.69, 9.17) is 0 Å². The topological polar surface area (TPSA) is 55.4 Å². The quantitative estimate of drug-likeness (QED) is 0.804. The summed E-state index contributed by atoms with van der Waals surface area (Å²) in [5.74, 6) is -0.607. The van der Waals surface area contributed by atoms with Gasteiger partial charge in [-0.05, 0) is 12.5 Å². The van der Waals surface area contributed by atoms with E-state index in [1.165, 1.54) is 25.4 Å². The van der Waals surface area contributed by atoms with Gasteiger partial charge in [-0.25, -0.2) is 4.79 Å². The summed E-state index contributed by atoms with van der Waals surface area (Å²) in [7, 11) is 1.32. The summed E-state index contributed by atoms with van der Waals surface area (Å²) < 4.78 is 4.64. The third-order valence-electron chi connectivity index (χ3n) is 1.81. The van der Waals surface area contributed by atoms with Crippen molar-refractivity contribution in [1.82, 2.24) is 0 Å². The van der Waals surface area contributed by atoms with Gasteiger partial charge in [-0.15, -0.1) is 11.3 Å². The second-order valence-electron chi connectivity index (χ2n) is 2.98. The van der Waals surface area contributed by atoms with Gasteiger partial charge in [0.2, 0.25) is 5.91 Å². The Morgan fingerprint density at radius 3 is 2.67 bits per heavy atom. The summed E-state index contributed by atoms with van der Waals surface area (Å²) in [6, 6.07) is 1.80. The molecule has 1 amide bonds. The van der Waals surface area contributed by atoms with Crippen molar-refractivity contribution in [3.8, 4) is 0 Å². The highest BCUT2D eigenvalue weighted by Crippen LogP contribution is 2.28. The lowest BCUT2D eigenvalue weighted by Crippen LogP contribution is -2.09. The number of thiophene rings is 1. The first-order chi connectivity index (χ1) is 7.08. The molecule has 1 N–H and O–H groups in total. The van der Waals surface area contributed by atoms with Crippen molar-refractivity contribution in [3.05, 3.63) is 15.8 Å². The summed E-state index contributed by atoms with van der Waals surface area (Å²) >= 11 is 1.34. The highest BCUT2D eigenvalue weighted by molar-refractivity contribution is 7.14. The summed E-state index contributed by atoms with van der Waals surface area (Å²) in [6.07, 6.45) is 0.828. The minimum atomic E-state index is -0.413. The maximum absolute atomic E-state index is 11.4. The number of carbonyl (C=O) groups excluding carboxylic acids is 2. The Hall–Kier alpha value is -1.36. The van der Waals surface area contributed by atoms with Crippen LogP contribution in [0.3, 0.4) is 0 Å². The molecule has 1 aromatic heterocycles. The SMILES string of the molecule is CCc1cc(NC(C)=O)c(C(=O)OC)s1. The molecule has 0 unspecified atom stereocenters. The Labute approximate surface area is 92.2 Å². The lowest BCUT2D eigenvalue weighted by atomic mass is 10.3. The maximum atomic E-state index is 11.4. The molecule has 5 heteroatoms. The first kappa shape index (κ1) is 11.7. The number of anilines is 1. The predicted molar refractivity (Wildman–Crippen MR) is 59.3 cm³/mol. The molecule has 0 saturated carbocycles. The fourth-order valence-electron chi connectivity index (χ4n) is 1.14. The number of aryl methyl sites for hydroxylation is 1. The van der Waals surface area contributed by atoms with E-state index in [1.54, 1.807) is 6.07 Å². The van der Waals surface area contributed by atoms with Crippen LogP contribution in [0, 0.1) is 0 Å². The second-order valence-corrected chi connectivity index (χ2v) is 4.12.